The Morgan fingerprint density at radius 2 is 2.45 bits per heavy atom. The lowest BCUT2D eigenvalue weighted by Crippen LogP contribution is -2.33. The number of aliphatic hydroxyl groups is 1. The molecule has 11 heavy (non-hydrogen) atoms. The number of hydrogen-bond acceptors (Lipinski definition) is 3. The van der Waals surface area contributed by atoms with E-state index >= 15 is 0 Å². The molecule has 0 aliphatic heterocycles. The van der Waals surface area contributed by atoms with E-state index in [0.717, 1.165) is 4.88 Å². The molecule has 1 aromatic heterocycles. The molecule has 2 nitrogen and oxygen atoms in total. The molecule has 0 fully saturated rings. The maximum absolute atomic E-state index is 9.87. The van der Waals surface area contributed by atoms with Crippen LogP contribution in [0.2, 0.25) is 0 Å². The Morgan fingerprint density at radius 1 is 1.73 bits per heavy atom. The van der Waals surface area contributed by atoms with Gasteiger partial charge in [-0.1, -0.05) is 13.0 Å². The third-order valence-corrected chi connectivity index (χ3v) is 2.97. The van der Waals surface area contributed by atoms with Gasteiger partial charge in [0.25, 0.3) is 0 Å². The van der Waals surface area contributed by atoms with E-state index in [1.165, 1.54) is 0 Å². The molecular weight excluding hydrogens is 158 g/mol. The standard InChI is InChI=1S/C8H13NOS/c1-2-8(10,6-9)7-4-3-5-11-7/h3-5,10H,2,6,9H2,1H3. The molecule has 0 bridgehead atoms. The van der Waals surface area contributed by atoms with Crippen LogP contribution in [0.5, 0.6) is 0 Å². The van der Waals surface area contributed by atoms with Gasteiger partial charge in [0.2, 0.25) is 0 Å². The summed E-state index contributed by atoms with van der Waals surface area (Å²) in [5.41, 5.74) is 4.67. The van der Waals surface area contributed by atoms with Crippen molar-refractivity contribution in [1.29, 1.82) is 0 Å². The van der Waals surface area contributed by atoms with Crippen LogP contribution < -0.4 is 5.73 Å². The zero-order valence-corrected chi connectivity index (χ0v) is 7.40. The minimum absolute atomic E-state index is 0.296. The quantitative estimate of drug-likeness (QED) is 0.720. The SMILES string of the molecule is CCC(O)(CN)c1cccs1. The lowest BCUT2D eigenvalue weighted by Gasteiger charge is -2.22. The second-order valence-electron chi connectivity index (χ2n) is 2.57. The maximum atomic E-state index is 9.87. The Balaban J connectivity index is 2.87. The topological polar surface area (TPSA) is 46.2 Å². The van der Waals surface area contributed by atoms with Crippen molar-refractivity contribution in [2.45, 2.75) is 18.9 Å². The predicted octanol–water partition coefficient (Wildman–Crippen LogP) is 1.30. The summed E-state index contributed by atoms with van der Waals surface area (Å²) in [6, 6.07) is 3.84. The van der Waals surface area contributed by atoms with Crippen molar-refractivity contribution in [2.75, 3.05) is 6.54 Å². The van der Waals surface area contributed by atoms with E-state index < -0.39 is 5.60 Å². The van der Waals surface area contributed by atoms with Gasteiger partial charge in [-0.05, 0) is 17.9 Å². The summed E-state index contributed by atoms with van der Waals surface area (Å²) in [4.78, 5) is 0.961. The van der Waals surface area contributed by atoms with Crippen molar-refractivity contribution >= 4 is 11.3 Å². The summed E-state index contributed by atoms with van der Waals surface area (Å²) < 4.78 is 0. The van der Waals surface area contributed by atoms with Gasteiger partial charge in [-0.3, -0.25) is 0 Å². The smallest absolute Gasteiger partial charge is 0.111 e. The second kappa shape index (κ2) is 3.34. The third kappa shape index (κ3) is 1.61. The molecule has 0 saturated carbocycles. The molecule has 0 saturated heterocycles. The largest absolute Gasteiger partial charge is 0.383 e. The summed E-state index contributed by atoms with van der Waals surface area (Å²) in [6.45, 7) is 2.23. The molecule has 0 amide bonds. The number of rotatable bonds is 3. The summed E-state index contributed by atoms with van der Waals surface area (Å²) >= 11 is 1.55. The molecule has 0 radical (unpaired) electrons. The lowest BCUT2D eigenvalue weighted by molar-refractivity contribution is 0.0456. The van der Waals surface area contributed by atoms with Crippen molar-refractivity contribution in [3.63, 3.8) is 0 Å². The van der Waals surface area contributed by atoms with E-state index in [1.54, 1.807) is 11.3 Å². The highest BCUT2D eigenvalue weighted by molar-refractivity contribution is 7.10. The molecule has 1 aromatic rings. The van der Waals surface area contributed by atoms with E-state index in [-0.39, 0.29) is 0 Å². The number of hydrogen-bond donors (Lipinski definition) is 2. The molecule has 0 aliphatic rings. The number of thiophene rings is 1. The third-order valence-electron chi connectivity index (χ3n) is 1.90. The van der Waals surface area contributed by atoms with Gasteiger partial charge in [0.05, 0.1) is 0 Å². The van der Waals surface area contributed by atoms with Crippen LogP contribution in [0.3, 0.4) is 0 Å². The zero-order valence-electron chi connectivity index (χ0n) is 6.58. The zero-order chi connectivity index (χ0) is 8.32. The molecule has 1 unspecified atom stereocenters. The van der Waals surface area contributed by atoms with Crippen molar-refractivity contribution in [1.82, 2.24) is 0 Å². The van der Waals surface area contributed by atoms with Gasteiger partial charge < -0.3 is 10.8 Å². The first-order chi connectivity index (χ1) is 5.23. The Kier molecular flexibility index (Phi) is 2.65. The monoisotopic (exact) mass is 171 g/mol. The first-order valence-corrected chi connectivity index (χ1v) is 4.57. The minimum Gasteiger partial charge on any atom is -0.383 e. The number of nitrogens with two attached hydrogens (primary N) is 1. The maximum Gasteiger partial charge on any atom is 0.111 e. The molecule has 1 rings (SSSR count). The molecule has 0 aromatic carbocycles. The van der Waals surface area contributed by atoms with Gasteiger partial charge in [0.15, 0.2) is 0 Å². The van der Waals surface area contributed by atoms with E-state index in [1.807, 2.05) is 24.4 Å². The summed E-state index contributed by atoms with van der Waals surface area (Å²) in [5.74, 6) is 0. The van der Waals surface area contributed by atoms with Crippen LogP contribution in [-0.4, -0.2) is 11.7 Å². The van der Waals surface area contributed by atoms with Gasteiger partial charge in [-0.25, -0.2) is 0 Å². The molecular formula is C8H13NOS. The first-order valence-electron chi connectivity index (χ1n) is 3.69. The second-order valence-corrected chi connectivity index (χ2v) is 3.51. The van der Waals surface area contributed by atoms with Gasteiger partial charge in [-0.2, -0.15) is 0 Å². The van der Waals surface area contributed by atoms with Gasteiger partial charge in [0, 0.05) is 11.4 Å². The Hall–Kier alpha value is -0.380. The highest BCUT2D eigenvalue weighted by atomic mass is 32.1. The molecule has 3 heteroatoms. The van der Waals surface area contributed by atoms with E-state index in [4.69, 9.17) is 5.73 Å². The average Bonchev–Trinajstić information content (AvgIpc) is 2.55. The highest BCUT2D eigenvalue weighted by Crippen LogP contribution is 2.27. The Morgan fingerprint density at radius 3 is 2.82 bits per heavy atom. The summed E-state index contributed by atoms with van der Waals surface area (Å²) in [5, 5.41) is 11.8. The van der Waals surface area contributed by atoms with Crippen LogP contribution in [-0.2, 0) is 5.60 Å². The van der Waals surface area contributed by atoms with Crippen LogP contribution in [0.25, 0.3) is 0 Å². The average molecular weight is 171 g/mol. The van der Waals surface area contributed by atoms with Crippen LogP contribution in [0.1, 0.15) is 18.2 Å². The lowest BCUT2D eigenvalue weighted by atomic mass is 9.99. The molecule has 0 spiro atoms. The predicted molar refractivity (Wildman–Crippen MR) is 47.6 cm³/mol. The van der Waals surface area contributed by atoms with E-state index in [2.05, 4.69) is 0 Å². The van der Waals surface area contributed by atoms with Gasteiger partial charge in [-0.15, -0.1) is 11.3 Å². The minimum atomic E-state index is -0.797. The van der Waals surface area contributed by atoms with Crippen LogP contribution >= 0.6 is 11.3 Å². The fraction of sp³-hybridized carbons (Fsp3) is 0.500. The summed E-state index contributed by atoms with van der Waals surface area (Å²) in [7, 11) is 0. The van der Waals surface area contributed by atoms with E-state index in [0.29, 0.717) is 13.0 Å². The van der Waals surface area contributed by atoms with Crippen molar-refractivity contribution < 1.29 is 5.11 Å². The van der Waals surface area contributed by atoms with Gasteiger partial charge >= 0.3 is 0 Å². The van der Waals surface area contributed by atoms with Gasteiger partial charge in [0.1, 0.15) is 5.60 Å². The highest BCUT2D eigenvalue weighted by Gasteiger charge is 2.25. The molecule has 1 heterocycles. The molecule has 0 aliphatic carbocycles. The molecule has 1 atom stereocenters. The first kappa shape index (κ1) is 8.71. The van der Waals surface area contributed by atoms with Crippen molar-refractivity contribution in [2.24, 2.45) is 5.73 Å². The Bertz CT molecular complexity index is 204. The van der Waals surface area contributed by atoms with Crippen molar-refractivity contribution in [3.8, 4) is 0 Å². The Labute approximate surface area is 70.7 Å². The van der Waals surface area contributed by atoms with Crippen LogP contribution in [0.4, 0.5) is 0 Å². The fourth-order valence-corrected chi connectivity index (χ4v) is 1.87. The van der Waals surface area contributed by atoms with Crippen LogP contribution in [0.15, 0.2) is 17.5 Å². The van der Waals surface area contributed by atoms with E-state index in [9.17, 15) is 5.11 Å². The normalized spacial score (nSPS) is 16.3. The molecule has 62 valence electrons. The van der Waals surface area contributed by atoms with Crippen molar-refractivity contribution in [3.05, 3.63) is 22.4 Å². The molecule has 3 N–H and O–H groups in total. The van der Waals surface area contributed by atoms with Crippen LogP contribution in [0, 0.1) is 0 Å². The summed E-state index contributed by atoms with van der Waals surface area (Å²) in [6.07, 6.45) is 0.671. The fourth-order valence-electron chi connectivity index (χ4n) is 0.963.